The van der Waals surface area contributed by atoms with Crippen LogP contribution in [0.25, 0.3) is 0 Å². The quantitative estimate of drug-likeness (QED) is 0.855. The minimum absolute atomic E-state index is 0.0137. The first kappa shape index (κ1) is 13.7. The van der Waals surface area contributed by atoms with Gasteiger partial charge in [-0.05, 0) is 12.1 Å². The fraction of sp³-hybridized carbons (Fsp3) is 0.182. The molecule has 2 rings (SSSR count). The molecular formula is C11H10N2O4S2. The number of rotatable bonds is 3. The lowest BCUT2D eigenvalue weighted by Gasteiger charge is -2.11. The van der Waals surface area contributed by atoms with Gasteiger partial charge in [-0.2, -0.15) is 5.26 Å². The van der Waals surface area contributed by atoms with Crippen molar-refractivity contribution >= 4 is 19.9 Å². The number of nitriles is 1. The number of benzene rings is 1. The average molecular weight is 298 g/mol. The Labute approximate surface area is 111 Å². The highest BCUT2D eigenvalue weighted by Crippen LogP contribution is 2.16. The van der Waals surface area contributed by atoms with Crippen molar-refractivity contribution in [2.24, 2.45) is 0 Å². The van der Waals surface area contributed by atoms with Crippen LogP contribution in [0.15, 0.2) is 40.6 Å². The Bertz CT molecular complexity index is 773. The Kier molecular flexibility index (Phi) is 3.45. The van der Waals surface area contributed by atoms with Crippen LogP contribution in [0.4, 0.5) is 0 Å². The lowest BCUT2D eigenvalue weighted by atomic mass is 10.2. The third-order valence-corrected chi connectivity index (χ3v) is 5.48. The monoisotopic (exact) mass is 298 g/mol. The summed E-state index contributed by atoms with van der Waals surface area (Å²) in [6.45, 7) is 0. The topological polar surface area (TPSA) is 104 Å². The molecule has 0 amide bonds. The molecule has 1 unspecified atom stereocenters. The van der Waals surface area contributed by atoms with Crippen LogP contribution in [0.5, 0.6) is 0 Å². The van der Waals surface area contributed by atoms with Crippen molar-refractivity contribution in [3.63, 3.8) is 0 Å². The number of nitrogens with zero attached hydrogens (tertiary/aromatic N) is 1. The molecule has 0 radical (unpaired) electrons. The van der Waals surface area contributed by atoms with E-state index in [4.69, 9.17) is 5.26 Å². The van der Waals surface area contributed by atoms with Crippen molar-refractivity contribution < 1.29 is 16.8 Å². The largest absolute Gasteiger partial charge is 0.242 e. The molecule has 1 aromatic carbocycles. The Morgan fingerprint density at radius 2 is 2.00 bits per heavy atom. The Balaban J connectivity index is 2.30. The van der Waals surface area contributed by atoms with Crippen molar-refractivity contribution in [1.82, 2.24) is 4.72 Å². The van der Waals surface area contributed by atoms with Gasteiger partial charge in [0.05, 0.1) is 22.3 Å². The molecule has 1 heterocycles. The maximum absolute atomic E-state index is 12.1. The van der Waals surface area contributed by atoms with Crippen LogP contribution >= 0.6 is 0 Å². The number of sulfone groups is 1. The molecule has 0 bridgehead atoms. The zero-order chi connectivity index (χ0) is 14.1. The molecule has 0 saturated heterocycles. The molecule has 19 heavy (non-hydrogen) atoms. The fourth-order valence-electron chi connectivity index (χ4n) is 1.71. The first-order valence-corrected chi connectivity index (χ1v) is 8.46. The second-order valence-corrected chi connectivity index (χ2v) is 7.61. The highest BCUT2D eigenvalue weighted by Gasteiger charge is 2.27. The van der Waals surface area contributed by atoms with E-state index >= 15 is 0 Å². The maximum atomic E-state index is 12.1. The van der Waals surface area contributed by atoms with Crippen molar-refractivity contribution in [3.8, 4) is 6.07 Å². The molecule has 0 saturated carbocycles. The highest BCUT2D eigenvalue weighted by atomic mass is 32.2. The fourth-order valence-corrected chi connectivity index (χ4v) is 4.39. The van der Waals surface area contributed by atoms with Gasteiger partial charge in [0.2, 0.25) is 10.0 Å². The molecular weight excluding hydrogens is 288 g/mol. The van der Waals surface area contributed by atoms with Gasteiger partial charge in [-0.25, -0.2) is 21.6 Å². The summed E-state index contributed by atoms with van der Waals surface area (Å²) in [7, 11) is -7.26. The SMILES string of the molecule is N#Cc1ccccc1S(=O)(=O)NC1C=CS(=O)(=O)C1. The van der Waals surface area contributed by atoms with E-state index < -0.39 is 25.9 Å². The van der Waals surface area contributed by atoms with Crippen LogP contribution in [-0.2, 0) is 19.9 Å². The molecule has 0 fully saturated rings. The van der Waals surface area contributed by atoms with Gasteiger partial charge < -0.3 is 0 Å². The minimum atomic E-state index is -3.92. The number of sulfonamides is 1. The van der Waals surface area contributed by atoms with Gasteiger partial charge in [-0.15, -0.1) is 0 Å². The molecule has 1 aliphatic heterocycles. The van der Waals surface area contributed by atoms with Crippen molar-refractivity contribution in [3.05, 3.63) is 41.3 Å². The molecule has 0 aromatic heterocycles. The molecule has 1 N–H and O–H groups in total. The van der Waals surface area contributed by atoms with Crippen LogP contribution < -0.4 is 4.72 Å². The minimum Gasteiger partial charge on any atom is -0.224 e. The van der Waals surface area contributed by atoms with Crippen molar-refractivity contribution in [2.45, 2.75) is 10.9 Å². The molecule has 8 heteroatoms. The summed E-state index contributed by atoms with van der Waals surface area (Å²) in [5.41, 5.74) is 0.0137. The van der Waals surface area contributed by atoms with Crippen LogP contribution in [0, 0.1) is 11.3 Å². The van der Waals surface area contributed by atoms with E-state index in [0.29, 0.717) is 0 Å². The lowest BCUT2D eigenvalue weighted by Crippen LogP contribution is -2.35. The van der Waals surface area contributed by atoms with Crippen molar-refractivity contribution in [1.29, 1.82) is 5.26 Å². The standard InChI is InChI=1S/C11H10N2O4S2/c12-7-9-3-1-2-4-11(9)19(16,17)13-10-5-6-18(14,15)8-10/h1-6,10,13H,8H2. The van der Waals surface area contributed by atoms with Gasteiger partial charge in [0.1, 0.15) is 6.07 Å². The van der Waals surface area contributed by atoms with E-state index in [2.05, 4.69) is 4.72 Å². The van der Waals surface area contributed by atoms with E-state index in [1.54, 1.807) is 12.1 Å². The number of hydrogen-bond donors (Lipinski definition) is 1. The predicted octanol–water partition coefficient (Wildman–Crippen LogP) is 0.147. The Morgan fingerprint density at radius 3 is 2.58 bits per heavy atom. The molecule has 1 atom stereocenters. The summed E-state index contributed by atoms with van der Waals surface area (Å²) in [6, 6.07) is 6.72. The van der Waals surface area contributed by atoms with Crippen LogP contribution in [0.1, 0.15) is 5.56 Å². The lowest BCUT2D eigenvalue weighted by molar-refractivity contribution is 0.574. The van der Waals surface area contributed by atoms with Gasteiger partial charge in [-0.1, -0.05) is 18.2 Å². The van der Waals surface area contributed by atoms with E-state index in [-0.39, 0.29) is 16.2 Å². The molecule has 0 spiro atoms. The summed E-state index contributed by atoms with van der Waals surface area (Å²) in [5.74, 6) is -0.305. The highest BCUT2D eigenvalue weighted by molar-refractivity contribution is 7.94. The normalized spacial score (nSPS) is 21.1. The maximum Gasteiger partial charge on any atom is 0.242 e. The van der Waals surface area contributed by atoms with Crippen LogP contribution in [0.2, 0.25) is 0 Å². The summed E-state index contributed by atoms with van der Waals surface area (Å²) in [6.07, 6.45) is 1.28. The summed E-state index contributed by atoms with van der Waals surface area (Å²) < 4.78 is 48.9. The predicted molar refractivity (Wildman–Crippen MR) is 68.2 cm³/mol. The third kappa shape index (κ3) is 3.01. The first-order valence-electron chi connectivity index (χ1n) is 5.26. The zero-order valence-corrected chi connectivity index (χ0v) is 11.3. The molecule has 6 nitrogen and oxygen atoms in total. The second-order valence-electron chi connectivity index (χ2n) is 3.99. The van der Waals surface area contributed by atoms with E-state index in [9.17, 15) is 16.8 Å². The average Bonchev–Trinajstić information content (AvgIpc) is 2.67. The summed E-state index contributed by atoms with van der Waals surface area (Å²) in [4.78, 5) is -0.157. The summed E-state index contributed by atoms with van der Waals surface area (Å²) in [5, 5.41) is 9.86. The van der Waals surface area contributed by atoms with Crippen LogP contribution in [0.3, 0.4) is 0 Å². The van der Waals surface area contributed by atoms with E-state index in [1.165, 1.54) is 24.3 Å². The Morgan fingerprint density at radius 1 is 1.32 bits per heavy atom. The van der Waals surface area contributed by atoms with Gasteiger partial charge in [0, 0.05) is 5.41 Å². The van der Waals surface area contributed by atoms with Gasteiger partial charge >= 0.3 is 0 Å². The van der Waals surface area contributed by atoms with Gasteiger partial charge in [0.25, 0.3) is 0 Å². The van der Waals surface area contributed by atoms with E-state index in [0.717, 1.165) is 5.41 Å². The number of hydrogen-bond acceptors (Lipinski definition) is 5. The van der Waals surface area contributed by atoms with Gasteiger partial charge in [0.15, 0.2) is 9.84 Å². The Hall–Kier alpha value is -1.69. The third-order valence-electron chi connectivity index (χ3n) is 2.53. The number of nitrogens with one attached hydrogen (secondary N) is 1. The van der Waals surface area contributed by atoms with E-state index in [1.807, 2.05) is 0 Å². The van der Waals surface area contributed by atoms with Crippen LogP contribution in [-0.4, -0.2) is 28.6 Å². The molecule has 0 aliphatic carbocycles. The molecule has 1 aromatic rings. The van der Waals surface area contributed by atoms with Gasteiger partial charge in [-0.3, -0.25) is 0 Å². The zero-order valence-electron chi connectivity index (χ0n) is 9.65. The molecule has 1 aliphatic rings. The second kappa shape index (κ2) is 4.77. The van der Waals surface area contributed by atoms with Crippen molar-refractivity contribution in [2.75, 3.05) is 5.75 Å². The summed E-state index contributed by atoms with van der Waals surface area (Å²) >= 11 is 0. The smallest absolute Gasteiger partial charge is 0.224 e. The first-order chi connectivity index (χ1) is 8.84. The molecule has 100 valence electrons.